The lowest BCUT2D eigenvalue weighted by Gasteiger charge is -2.15. The van der Waals surface area contributed by atoms with Crippen molar-refractivity contribution in [1.29, 1.82) is 0 Å². The number of hydrogen-bond acceptors (Lipinski definition) is 6. The van der Waals surface area contributed by atoms with Gasteiger partial charge in [0, 0.05) is 13.1 Å². The van der Waals surface area contributed by atoms with Crippen molar-refractivity contribution in [3.8, 4) is 0 Å². The topological polar surface area (TPSA) is 113 Å². The van der Waals surface area contributed by atoms with E-state index in [1.165, 1.54) is 0 Å². The van der Waals surface area contributed by atoms with Crippen molar-refractivity contribution in [3.05, 3.63) is 53.1 Å². The number of anilines is 1. The van der Waals surface area contributed by atoms with Crippen LogP contribution in [0.1, 0.15) is 23.1 Å². The van der Waals surface area contributed by atoms with Gasteiger partial charge in [0.25, 0.3) is 10.0 Å². The van der Waals surface area contributed by atoms with Gasteiger partial charge in [0.05, 0.1) is 16.2 Å². The van der Waals surface area contributed by atoms with Crippen LogP contribution in [0.4, 0.5) is 5.82 Å². The summed E-state index contributed by atoms with van der Waals surface area (Å²) in [4.78, 5) is 13.4. The summed E-state index contributed by atoms with van der Waals surface area (Å²) in [5.74, 6) is -0.933. The fourth-order valence-electron chi connectivity index (χ4n) is 3.98. The molecule has 0 saturated carbocycles. The number of aliphatic carboxylic acids is 1. The lowest BCUT2D eigenvalue weighted by Crippen LogP contribution is -2.22. The minimum absolute atomic E-state index is 0.157. The van der Waals surface area contributed by atoms with Gasteiger partial charge in [-0.2, -0.15) is 0 Å². The number of fused-ring (bicyclic) bond motifs is 1. The van der Waals surface area contributed by atoms with Gasteiger partial charge in [-0.25, -0.2) is 8.42 Å². The van der Waals surface area contributed by atoms with Gasteiger partial charge in [0.15, 0.2) is 11.4 Å². The van der Waals surface area contributed by atoms with Crippen molar-refractivity contribution in [2.45, 2.75) is 31.7 Å². The van der Waals surface area contributed by atoms with E-state index in [-0.39, 0.29) is 16.6 Å². The number of nitrogens with one attached hydrogen (secondary N) is 1. The Labute approximate surface area is 174 Å². The molecule has 0 bridgehead atoms. The van der Waals surface area contributed by atoms with E-state index in [1.807, 2.05) is 19.1 Å². The highest BCUT2D eigenvalue weighted by atomic mass is 32.2. The van der Waals surface area contributed by atoms with Crippen molar-refractivity contribution in [1.82, 2.24) is 10.1 Å². The Bertz CT molecular complexity index is 1220. The van der Waals surface area contributed by atoms with E-state index in [1.54, 1.807) is 31.2 Å². The van der Waals surface area contributed by atoms with Crippen LogP contribution in [0.2, 0.25) is 0 Å². The molecule has 0 radical (unpaired) electrons. The molecule has 4 rings (SSSR count). The monoisotopic (exact) mass is 429 g/mol. The van der Waals surface area contributed by atoms with Gasteiger partial charge in [0.1, 0.15) is 0 Å². The van der Waals surface area contributed by atoms with Gasteiger partial charge in [-0.3, -0.25) is 14.4 Å². The zero-order chi connectivity index (χ0) is 21.5. The highest BCUT2D eigenvalue weighted by Crippen LogP contribution is 2.31. The van der Waals surface area contributed by atoms with Crippen LogP contribution >= 0.6 is 0 Å². The lowest BCUT2D eigenvalue weighted by molar-refractivity contribution is -0.141. The van der Waals surface area contributed by atoms with Gasteiger partial charge >= 0.3 is 5.97 Å². The van der Waals surface area contributed by atoms with Crippen LogP contribution in [0.5, 0.6) is 0 Å². The van der Waals surface area contributed by atoms with E-state index < -0.39 is 16.0 Å². The molecule has 3 aromatic rings. The highest BCUT2D eigenvalue weighted by Gasteiger charge is 2.28. The summed E-state index contributed by atoms with van der Waals surface area (Å²) in [5, 5.41) is 13.7. The predicted molar refractivity (Wildman–Crippen MR) is 112 cm³/mol. The molecule has 1 atom stereocenters. The van der Waals surface area contributed by atoms with Crippen LogP contribution in [0.15, 0.2) is 45.8 Å². The fraction of sp³-hybridized carbons (Fsp3) is 0.333. The molecule has 0 amide bonds. The molecule has 0 aliphatic carbocycles. The molecule has 2 N–H and O–H groups in total. The van der Waals surface area contributed by atoms with Gasteiger partial charge in [0.2, 0.25) is 0 Å². The number of nitrogens with zero attached hydrogens (tertiary/aromatic N) is 2. The number of carboxylic acids is 1. The minimum atomic E-state index is -3.80. The predicted octanol–water partition coefficient (Wildman–Crippen LogP) is 3.15. The average Bonchev–Trinajstić information content (AvgIpc) is 3.29. The molecular weight excluding hydrogens is 406 g/mol. The van der Waals surface area contributed by atoms with Crippen molar-refractivity contribution >= 4 is 32.8 Å². The van der Waals surface area contributed by atoms with E-state index in [2.05, 4.69) is 14.8 Å². The molecule has 1 aliphatic heterocycles. The minimum Gasteiger partial charge on any atom is -0.481 e. The van der Waals surface area contributed by atoms with E-state index in [4.69, 9.17) is 4.52 Å². The standard InChI is InChI=1S/C21H23N3O5S/c1-13-5-3-4-6-18(13)30(27,28)23-20-19-14(2)9-15(10-17(19)29-22-20)11-24-8-7-16(12-24)21(25)26/h3-6,9-10,16H,7-8,11-12H2,1-2H3,(H,22,23)(H,25,26). The Balaban J connectivity index is 1.59. The van der Waals surface area contributed by atoms with Crippen molar-refractivity contribution in [2.24, 2.45) is 5.92 Å². The molecule has 1 aromatic heterocycles. The number of aryl methyl sites for hydroxylation is 2. The summed E-state index contributed by atoms with van der Waals surface area (Å²) in [6.45, 7) is 5.46. The zero-order valence-corrected chi connectivity index (χ0v) is 17.6. The molecule has 1 fully saturated rings. The maximum atomic E-state index is 12.8. The molecule has 30 heavy (non-hydrogen) atoms. The Morgan fingerprint density at radius 3 is 2.73 bits per heavy atom. The van der Waals surface area contributed by atoms with Crippen molar-refractivity contribution in [2.75, 3.05) is 17.8 Å². The number of hydrogen-bond donors (Lipinski definition) is 2. The lowest BCUT2D eigenvalue weighted by atomic mass is 10.1. The molecule has 9 heteroatoms. The number of sulfonamides is 1. The summed E-state index contributed by atoms with van der Waals surface area (Å²) >= 11 is 0. The molecule has 1 aliphatic rings. The fourth-order valence-corrected chi connectivity index (χ4v) is 5.23. The quantitative estimate of drug-likeness (QED) is 0.619. The number of likely N-dealkylation sites (tertiary alicyclic amines) is 1. The molecule has 2 heterocycles. The molecule has 8 nitrogen and oxygen atoms in total. The highest BCUT2D eigenvalue weighted by molar-refractivity contribution is 7.92. The Morgan fingerprint density at radius 2 is 2.03 bits per heavy atom. The van der Waals surface area contributed by atoms with E-state index >= 15 is 0 Å². The third-order valence-electron chi connectivity index (χ3n) is 5.47. The van der Waals surface area contributed by atoms with Gasteiger partial charge in [-0.15, -0.1) is 0 Å². The largest absolute Gasteiger partial charge is 0.481 e. The molecule has 1 unspecified atom stereocenters. The summed E-state index contributed by atoms with van der Waals surface area (Å²) in [7, 11) is -3.80. The first kappa shape index (κ1) is 20.4. The van der Waals surface area contributed by atoms with E-state index in [0.29, 0.717) is 36.0 Å². The second-order valence-electron chi connectivity index (χ2n) is 7.75. The van der Waals surface area contributed by atoms with Crippen LogP contribution in [0, 0.1) is 19.8 Å². The third kappa shape index (κ3) is 3.90. The van der Waals surface area contributed by atoms with Crippen LogP contribution in [0.3, 0.4) is 0 Å². The molecule has 0 spiro atoms. The molecule has 158 valence electrons. The van der Waals surface area contributed by atoms with Crippen molar-refractivity contribution in [3.63, 3.8) is 0 Å². The average molecular weight is 429 g/mol. The third-order valence-corrected chi connectivity index (χ3v) is 6.97. The Morgan fingerprint density at radius 1 is 1.27 bits per heavy atom. The first-order valence-electron chi connectivity index (χ1n) is 9.67. The second-order valence-corrected chi connectivity index (χ2v) is 9.40. The molecular formula is C21H23N3O5S. The van der Waals surface area contributed by atoms with E-state index in [9.17, 15) is 18.3 Å². The maximum Gasteiger partial charge on any atom is 0.307 e. The first-order valence-corrected chi connectivity index (χ1v) is 11.2. The summed E-state index contributed by atoms with van der Waals surface area (Å²) in [6, 6.07) is 10.5. The van der Waals surface area contributed by atoms with Gasteiger partial charge < -0.3 is 9.63 Å². The number of carbonyl (C=O) groups is 1. The number of carboxylic acid groups (broad SMARTS) is 1. The van der Waals surface area contributed by atoms with Crippen LogP contribution in [0.25, 0.3) is 11.0 Å². The summed E-state index contributed by atoms with van der Waals surface area (Å²) in [6.07, 6.45) is 0.643. The molecule has 1 saturated heterocycles. The second kappa shape index (κ2) is 7.73. The normalized spacial score (nSPS) is 17.5. The van der Waals surface area contributed by atoms with Crippen molar-refractivity contribution < 1.29 is 22.8 Å². The summed E-state index contributed by atoms with van der Waals surface area (Å²) in [5.41, 5.74) is 2.93. The Hall–Kier alpha value is -2.91. The number of rotatable bonds is 6. The van der Waals surface area contributed by atoms with Crippen LogP contribution < -0.4 is 4.72 Å². The maximum absolute atomic E-state index is 12.8. The first-order chi connectivity index (χ1) is 14.2. The Kier molecular flexibility index (Phi) is 5.25. The SMILES string of the molecule is Cc1ccccc1S(=O)(=O)Nc1noc2cc(CN3CCC(C(=O)O)C3)cc(C)c12. The zero-order valence-electron chi connectivity index (χ0n) is 16.8. The van der Waals surface area contributed by atoms with Crippen LogP contribution in [-0.4, -0.2) is 42.6 Å². The summed E-state index contributed by atoms with van der Waals surface area (Å²) < 4.78 is 33.6. The van der Waals surface area contributed by atoms with Gasteiger partial charge in [-0.05, 0) is 55.6 Å². The van der Waals surface area contributed by atoms with Crippen LogP contribution in [-0.2, 0) is 21.4 Å². The number of aromatic nitrogens is 1. The van der Waals surface area contributed by atoms with Gasteiger partial charge in [-0.1, -0.05) is 29.4 Å². The smallest absolute Gasteiger partial charge is 0.307 e. The number of benzene rings is 2. The molecule has 2 aromatic carbocycles. The van der Waals surface area contributed by atoms with E-state index in [0.717, 1.165) is 17.7 Å².